The Morgan fingerprint density at radius 1 is 1.33 bits per heavy atom. The molecule has 0 spiro atoms. The molecule has 7 nitrogen and oxygen atoms in total. The Morgan fingerprint density at radius 2 is 2.00 bits per heavy atom. The number of carbonyl (C=O) groups is 2. The summed E-state index contributed by atoms with van der Waals surface area (Å²) in [7, 11) is 0. The molecule has 8 heteroatoms. The minimum absolute atomic E-state index is 0.0109. The standard InChI is InChI=1S/C13H17FN4O3/c14-7-1-8(2-15)18(4-7)11(19)3-16-12-9-5-17(13(20)21)6-10(9)12/h7-10,12,16H,1,3-6H2,(H,20,21)/t7-,8-,9?,10?,12?/m0/s1. The number of nitrogens with zero attached hydrogens (tertiary/aromatic N) is 3. The average molecular weight is 296 g/mol. The number of amides is 2. The first-order valence-corrected chi connectivity index (χ1v) is 7.05. The third-order valence-electron chi connectivity index (χ3n) is 4.67. The van der Waals surface area contributed by atoms with Gasteiger partial charge in [-0.05, 0) is 11.8 Å². The molecule has 3 aliphatic rings. The van der Waals surface area contributed by atoms with Crippen LogP contribution in [0.25, 0.3) is 0 Å². The first-order valence-electron chi connectivity index (χ1n) is 7.05. The molecule has 114 valence electrons. The van der Waals surface area contributed by atoms with Crippen LogP contribution in [-0.2, 0) is 4.79 Å². The summed E-state index contributed by atoms with van der Waals surface area (Å²) in [5, 5.41) is 20.9. The van der Waals surface area contributed by atoms with E-state index in [4.69, 9.17) is 10.4 Å². The zero-order valence-electron chi connectivity index (χ0n) is 11.4. The Labute approximate surface area is 121 Å². The van der Waals surface area contributed by atoms with Crippen LogP contribution in [0.2, 0.25) is 0 Å². The van der Waals surface area contributed by atoms with Crippen molar-refractivity contribution in [2.45, 2.75) is 24.7 Å². The van der Waals surface area contributed by atoms with Gasteiger partial charge in [0.25, 0.3) is 0 Å². The lowest BCUT2D eigenvalue weighted by molar-refractivity contribution is -0.130. The van der Waals surface area contributed by atoms with E-state index < -0.39 is 18.3 Å². The lowest BCUT2D eigenvalue weighted by Gasteiger charge is -2.20. The van der Waals surface area contributed by atoms with Gasteiger partial charge in [-0.15, -0.1) is 0 Å². The van der Waals surface area contributed by atoms with Gasteiger partial charge in [0.1, 0.15) is 12.2 Å². The number of piperidine rings is 1. The summed E-state index contributed by atoms with van der Waals surface area (Å²) in [4.78, 5) is 25.5. The number of carboxylic acid groups (broad SMARTS) is 1. The summed E-state index contributed by atoms with van der Waals surface area (Å²) in [6.07, 6.45) is -1.94. The number of carbonyl (C=O) groups excluding carboxylic acids is 1. The van der Waals surface area contributed by atoms with Crippen LogP contribution >= 0.6 is 0 Å². The van der Waals surface area contributed by atoms with Crippen LogP contribution in [0.5, 0.6) is 0 Å². The van der Waals surface area contributed by atoms with Gasteiger partial charge in [-0.2, -0.15) is 5.26 Å². The van der Waals surface area contributed by atoms with E-state index >= 15 is 0 Å². The maximum Gasteiger partial charge on any atom is 0.407 e. The predicted octanol–water partition coefficient (Wildman–Crippen LogP) is -0.353. The van der Waals surface area contributed by atoms with Gasteiger partial charge in [0.05, 0.1) is 19.2 Å². The number of halogens is 1. The van der Waals surface area contributed by atoms with E-state index in [1.54, 1.807) is 0 Å². The zero-order valence-corrected chi connectivity index (χ0v) is 11.4. The molecular weight excluding hydrogens is 279 g/mol. The molecule has 3 fully saturated rings. The van der Waals surface area contributed by atoms with Crippen molar-refractivity contribution >= 4 is 12.0 Å². The van der Waals surface area contributed by atoms with Gasteiger partial charge >= 0.3 is 6.09 Å². The first kappa shape index (κ1) is 14.1. The molecule has 2 saturated heterocycles. The van der Waals surface area contributed by atoms with Crippen LogP contribution < -0.4 is 5.32 Å². The Balaban J connectivity index is 1.44. The van der Waals surface area contributed by atoms with Gasteiger partial charge in [0, 0.05) is 25.6 Å². The van der Waals surface area contributed by atoms with Crippen LogP contribution in [0.15, 0.2) is 0 Å². The van der Waals surface area contributed by atoms with E-state index in [0.717, 1.165) is 0 Å². The third-order valence-corrected chi connectivity index (χ3v) is 4.67. The first-order chi connectivity index (χ1) is 10.0. The van der Waals surface area contributed by atoms with E-state index in [1.807, 2.05) is 6.07 Å². The van der Waals surface area contributed by atoms with Crippen molar-refractivity contribution in [2.75, 3.05) is 26.2 Å². The second kappa shape index (κ2) is 5.15. The molecule has 2 unspecified atom stereocenters. The minimum atomic E-state index is -1.12. The predicted molar refractivity (Wildman–Crippen MR) is 69.0 cm³/mol. The fourth-order valence-corrected chi connectivity index (χ4v) is 3.47. The van der Waals surface area contributed by atoms with Crippen molar-refractivity contribution in [3.05, 3.63) is 0 Å². The minimum Gasteiger partial charge on any atom is -0.465 e. The van der Waals surface area contributed by atoms with E-state index in [9.17, 15) is 14.0 Å². The fourth-order valence-electron chi connectivity index (χ4n) is 3.47. The van der Waals surface area contributed by atoms with Crippen LogP contribution in [0.1, 0.15) is 6.42 Å². The Kier molecular flexibility index (Phi) is 3.45. The second-order valence-corrected chi connectivity index (χ2v) is 5.95. The molecule has 2 aliphatic heterocycles. The quantitative estimate of drug-likeness (QED) is 0.742. The number of likely N-dealkylation sites (tertiary alicyclic amines) is 2. The highest BCUT2D eigenvalue weighted by Gasteiger charge is 2.56. The monoisotopic (exact) mass is 296 g/mol. The number of fused-ring (bicyclic) bond motifs is 1. The molecule has 2 amide bonds. The largest absolute Gasteiger partial charge is 0.465 e. The maximum atomic E-state index is 13.3. The Bertz CT molecular complexity index is 496. The summed E-state index contributed by atoms with van der Waals surface area (Å²) in [5.41, 5.74) is 0. The number of nitrogens with one attached hydrogen (secondary N) is 1. The van der Waals surface area contributed by atoms with E-state index in [0.29, 0.717) is 13.1 Å². The molecule has 3 rings (SSSR count). The maximum absolute atomic E-state index is 13.3. The summed E-state index contributed by atoms with van der Waals surface area (Å²) in [6, 6.07) is 1.44. The molecule has 0 radical (unpaired) electrons. The van der Waals surface area contributed by atoms with E-state index in [1.165, 1.54) is 9.80 Å². The summed E-state index contributed by atoms with van der Waals surface area (Å²) >= 11 is 0. The molecule has 21 heavy (non-hydrogen) atoms. The lowest BCUT2D eigenvalue weighted by Crippen LogP contribution is -2.43. The summed E-state index contributed by atoms with van der Waals surface area (Å²) in [5.74, 6) is 0.281. The van der Waals surface area contributed by atoms with Crippen LogP contribution in [0.3, 0.4) is 0 Å². The van der Waals surface area contributed by atoms with Gasteiger partial charge < -0.3 is 20.2 Å². The van der Waals surface area contributed by atoms with Crippen LogP contribution in [0, 0.1) is 23.2 Å². The van der Waals surface area contributed by atoms with Crippen molar-refractivity contribution in [3.8, 4) is 6.07 Å². The van der Waals surface area contributed by atoms with Gasteiger partial charge in [-0.3, -0.25) is 4.79 Å². The lowest BCUT2D eigenvalue weighted by atomic mass is 10.2. The normalized spacial score (nSPS) is 37.2. The Morgan fingerprint density at radius 3 is 2.57 bits per heavy atom. The van der Waals surface area contributed by atoms with E-state index in [2.05, 4.69) is 5.32 Å². The van der Waals surface area contributed by atoms with Crippen molar-refractivity contribution < 1.29 is 19.1 Å². The summed E-state index contributed by atoms with van der Waals surface area (Å²) < 4.78 is 13.3. The number of nitriles is 1. The van der Waals surface area contributed by atoms with Gasteiger partial charge in [-0.1, -0.05) is 0 Å². The summed E-state index contributed by atoms with van der Waals surface area (Å²) in [6.45, 7) is 1.07. The second-order valence-electron chi connectivity index (χ2n) is 5.95. The Hall–Kier alpha value is -1.88. The highest BCUT2D eigenvalue weighted by Crippen LogP contribution is 2.45. The van der Waals surface area contributed by atoms with Crippen molar-refractivity contribution in [2.24, 2.45) is 11.8 Å². The SMILES string of the molecule is N#C[C@@H]1C[C@H](F)CN1C(=O)CNC1C2CN(C(=O)O)CC21. The molecule has 0 aromatic heterocycles. The highest BCUT2D eigenvalue weighted by molar-refractivity contribution is 5.79. The van der Waals surface area contributed by atoms with Crippen molar-refractivity contribution in [1.82, 2.24) is 15.1 Å². The topological polar surface area (TPSA) is 96.7 Å². The molecule has 2 heterocycles. The molecule has 2 N–H and O–H groups in total. The number of alkyl halides is 1. The van der Waals surface area contributed by atoms with Crippen LogP contribution in [0.4, 0.5) is 9.18 Å². The van der Waals surface area contributed by atoms with Gasteiger partial charge in [0.2, 0.25) is 5.91 Å². The highest BCUT2D eigenvalue weighted by atomic mass is 19.1. The molecule has 4 atom stereocenters. The molecule has 1 aliphatic carbocycles. The van der Waals surface area contributed by atoms with Crippen molar-refractivity contribution in [1.29, 1.82) is 5.26 Å². The molecule has 1 saturated carbocycles. The molecule has 0 bridgehead atoms. The third kappa shape index (κ3) is 2.53. The van der Waals surface area contributed by atoms with Crippen molar-refractivity contribution in [3.63, 3.8) is 0 Å². The van der Waals surface area contributed by atoms with E-state index in [-0.39, 0.29) is 43.3 Å². The number of rotatable bonds is 3. The average Bonchev–Trinajstić information content (AvgIpc) is 2.81. The molecule has 0 aromatic rings. The number of hydrogen-bond acceptors (Lipinski definition) is 4. The number of hydrogen-bond donors (Lipinski definition) is 2. The van der Waals surface area contributed by atoms with Gasteiger partial charge in [0.15, 0.2) is 0 Å². The zero-order chi connectivity index (χ0) is 15.1. The molecule has 0 aromatic carbocycles. The fraction of sp³-hybridized carbons (Fsp3) is 0.769. The van der Waals surface area contributed by atoms with Gasteiger partial charge in [-0.25, -0.2) is 9.18 Å². The van der Waals surface area contributed by atoms with Crippen LogP contribution in [-0.4, -0.2) is 71.3 Å². The molecular formula is C13H17FN4O3. The smallest absolute Gasteiger partial charge is 0.407 e.